The number of aromatic nitrogens is 1. The normalized spacial score (nSPS) is 16.7. The predicted octanol–water partition coefficient (Wildman–Crippen LogP) is 2.71. The summed E-state index contributed by atoms with van der Waals surface area (Å²) in [6, 6.07) is 19.9. The zero-order chi connectivity index (χ0) is 24.1. The third-order valence-corrected chi connectivity index (χ3v) is 7.85. The van der Waals surface area contributed by atoms with Gasteiger partial charge < -0.3 is 4.57 Å². The van der Waals surface area contributed by atoms with E-state index in [1.165, 1.54) is 4.31 Å². The summed E-state index contributed by atoms with van der Waals surface area (Å²) < 4.78 is 29.1. The number of amides is 2. The van der Waals surface area contributed by atoms with Crippen LogP contribution in [0.5, 0.6) is 0 Å². The fourth-order valence-corrected chi connectivity index (χ4v) is 5.58. The van der Waals surface area contributed by atoms with Gasteiger partial charge in [0.25, 0.3) is 5.91 Å². The number of hydrogen-bond acceptors (Lipinski definition) is 4. The number of nitrogens with zero attached hydrogens (tertiary/aromatic N) is 2. The average molecular weight is 481 g/mol. The van der Waals surface area contributed by atoms with E-state index >= 15 is 0 Å². The van der Waals surface area contributed by atoms with Crippen LogP contribution >= 0.6 is 0 Å². The number of hydrogen-bond donors (Lipinski definition) is 2. The van der Waals surface area contributed by atoms with E-state index in [1.54, 1.807) is 47.2 Å². The van der Waals surface area contributed by atoms with Gasteiger partial charge in [0.1, 0.15) is 5.69 Å². The highest BCUT2D eigenvalue weighted by atomic mass is 32.2. The van der Waals surface area contributed by atoms with Crippen molar-refractivity contribution < 1.29 is 18.0 Å². The lowest BCUT2D eigenvalue weighted by Crippen LogP contribution is -2.50. The molecule has 8 nitrogen and oxygen atoms in total. The van der Waals surface area contributed by atoms with Gasteiger partial charge in [-0.2, -0.15) is 4.31 Å². The summed E-state index contributed by atoms with van der Waals surface area (Å²) in [6.07, 6.45) is 2.92. The van der Waals surface area contributed by atoms with E-state index in [9.17, 15) is 18.0 Å². The van der Waals surface area contributed by atoms with Crippen LogP contribution in [0.2, 0.25) is 0 Å². The molecule has 34 heavy (non-hydrogen) atoms. The number of nitrogens with one attached hydrogen (secondary N) is 2. The van der Waals surface area contributed by atoms with Crippen molar-refractivity contribution in [2.24, 2.45) is 5.92 Å². The first kappa shape index (κ1) is 23.7. The van der Waals surface area contributed by atoms with E-state index in [0.717, 1.165) is 11.1 Å². The molecule has 1 fully saturated rings. The monoisotopic (exact) mass is 480 g/mol. The summed E-state index contributed by atoms with van der Waals surface area (Å²) in [4.78, 5) is 25.6. The maximum Gasteiger partial charge on any atom is 0.286 e. The quantitative estimate of drug-likeness (QED) is 0.530. The third kappa shape index (κ3) is 5.37. The van der Waals surface area contributed by atoms with Gasteiger partial charge >= 0.3 is 0 Å². The van der Waals surface area contributed by atoms with E-state index < -0.39 is 27.8 Å². The smallest absolute Gasteiger partial charge is 0.286 e. The van der Waals surface area contributed by atoms with Gasteiger partial charge in [0.05, 0.1) is 10.8 Å². The van der Waals surface area contributed by atoms with Crippen molar-refractivity contribution in [3.8, 4) is 0 Å². The first-order chi connectivity index (χ1) is 16.3. The average Bonchev–Trinajstić information content (AvgIpc) is 3.31. The maximum atomic E-state index is 13.0. The molecule has 4 rings (SSSR count). The van der Waals surface area contributed by atoms with Crippen molar-refractivity contribution >= 4 is 21.8 Å². The predicted molar refractivity (Wildman–Crippen MR) is 128 cm³/mol. The standard InChI is InChI=1S/C25H28N4O4S/c1-19-11-13-22(14-12-19)34(32,33)29-16-5-9-21(18-29)24(30)26-27-25(31)23-10-6-15-28(23)17-20-7-3-2-4-8-20/h2-4,6-8,10-15,21H,5,9,16-18H2,1H3,(H,26,30)(H,27,31)/t21-/m1/s1. The van der Waals surface area contributed by atoms with E-state index in [1.807, 2.05) is 37.3 Å². The Morgan fingerprint density at radius 1 is 0.971 bits per heavy atom. The molecular formula is C25H28N4O4S. The zero-order valence-electron chi connectivity index (χ0n) is 19.0. The van der Waals surface area contributed by atoms with Gasteiger partial charge in [-0.15, -0.1) is 0 Å². The molecule has 2 N–H and O–H groups in total. The van der Waals surface area contributed by atoms with Crippen molar-refractivity contribution in [1.29, 1.82) is 0 Å². The first-order valence-corrected chi connectivity index (χ1v) is 12.6. The summed E-state index contributed by atoms with van der Waals surface area (Å²) in [5.74, 6) is -1.39. The van der Waals surface area contributed by atoms with Crippen molar-refractivity contribution in [2.75, 3.05) is 13.1 Å². The Labute approximate surface area is 199 Å². The van der Waals surface area contributed by atoms with Crippen LogP contribution in [0.3, 0.4) is 0 Å². The number of rotatable bonds is 6. The fraction of sp³-hybridized carbons (Fsp3) is 0.280. The molecular weight excluding hydrogens is 452 g/mol. The lowest BCUT2D eigenvalue weighted by Gasteiger charge is -2.31. The molecule has 1 aromatic heterocycles. The van der Waals surface area contributed by atoms with Gasteiger partial charge in [-0.1, -0.05) is 48.0 Å². The van der Waals surface area contributed by atoms with Crippen molar-refractivity contribution in [1.82, 2.24) is 19.7 Å². The highest BCUT2D eigenvalue weighted by Crippen LogP contribution is 2.24. The molecule has 178 valence electrons. The fourth-order valence-electron chi connectivity index (χ4n) is 4.06. The van der Waals surface area contributed by atoms with E-state index in [0.29, 0.717) is 31.6 Å². The minimum Gasteiger partial charge on any atom is -0.339 e. The Bertz CT molecular complexity index is 1250. The Balaban J connectivity index is 1.36. The summed E-state index contributed by atoms with van der Waals surface area (Å²) in [7, 11) is -3.68. The van der Waals surface area contributed by atoms with Crippen molar-refractivity contribution in [2.45, 2.75) is 31.2 Å². The summed E-state index contributed by atoms with van der Waals surface area (Å²) >= 11 is 0. The highest BCUT2D eigenvalue weighted by molar-refractivity contribution is 7.89. The van der Waals surface area contributed by atoms with Crippen LogP contribution in [0.1, 0.15) is 34.5 Å². The molecule has 1 aliphatic rings. The molecule has 1 aliphatic heterocycles. The summed E-state index contributed by atoms with van der Waals surface area (Å²) in [5, 5.41) is 0. The van der Waals surface area contributed by atoms with E-state index in [2.05, 4.69) is 10.9 Å². The molecule has 9 heteroatoms. The Hall–Kier alpha value is -3.43. The minimum absolute atomic E-state index is 0.0717. The Morgan fingerprint density at radius 2 is 1.71 bits per heavy atom. The van der Waals surface area contributed by atoms with Crippen LogP contribution in [0.25, 0.3) is 0 Å². The largest absolute Gasteiger partial charge is 0.339 e. The number of aryl methyl sites for hydroxylation is 1. The van der Waals surface area contributed by atoms with Crippen LogP contribution in [-0.4, -0.2) is 42.2 Å². The van der Waals surface area contributed by atoms with Gasteiger partial charge in [-0.3, -0.25) is 20.4 Å². The second kappa shape index (κ2) is 10.2. The number of hydrazine groups is 1. The van der Waals surface area contributed by atoms with Crippen LogP contribution in [-0.2, 0) is 21.4 Å². The molecule has 0 bridgehead atoms. The second-order valence-electron chi connectivity index (χ2n) is 8.47. The molecule has 2 aromatic carbocycles. The SMILES string of the molecule is Cc1ccc(S(=O)(=O)N2CCC[C@@H](C(=O)NNC(=O)c3cccn3Cc3ccccc3)C2)cc1. The Morgan fingerprint density at radius 3 is 2.44 bits per heavy atom. The number of carbonyl (C=O) groups is 2. The molecule has 1 saturated heterocycles. The summed E-state index contributed by atoms with van der Waals surface area (Å²) in [6.45, 7) is 2.85. The summed E-state index contributed by atoms with van der Waals surface area (Å²) in [5.41, 5.74) is 7.39. The number of piperidine rings is 1. The zero-order valence-corrected chi connectivity index (χ0v) is 19.8. The van der Waals surface area contributed by atoms with Crippen molar-refractivity contribution in [3.05, 3.63) is 89.7 Å². The van der Waals surface area contributed by atoms with Crippen LogP contribution in [0, 0.1) is 12.8 Å². The van der Waals surface area contributed by atoms with Crippen LogP contribution < -0.4 is 10.9 Å². The first-order valence-electron chi connectivity index (χ1n) is 11.2. The van der Waals surface area contributed by atoms with Gasteiger partial charge in [0.15, 0.2) is 0 Å². The van der Waals surface area contributed by atoms with Gasteiger partial charge in [0, 0.05) is 25.8 Å². The van der Waals surface area contributed by atoms with E-state index in [-0.39, 0.29) is 11.4 Å². The minimum atomic E-state index is -3.68. The van der Waals surface area contributed by atoms with Gasteiger partial charge in [-0.25, -0.2) is 8.42 Å². The second-order valence-corrected chi connectivity index (χ2v) is 10.4. The number of carbonyl (C=O) groups excluding carboxylic acids is 2. The van der Waals surface area contributed by atoms with Crippen LogP contribution in [0.4, 0.5) is 0 Å². The van der Waals surface area contributed by atoms with Gasteiger partial charge in [-0.05, 0) is 49.6 Å². The molecule has 0 saturated carbocycles. The molecule has 0 unspecified atom stereocenters. The molecule has 0 radical (unpaired) electrons. The number of benzene rings is 2. The molecule has 2 heterocycles. The highest BCUT2D eigenvalue weighted by Gasteiger charge is 2.33. The molecule has 0 aliphatic carbocycles. The molecule has 0 spiro atoms. The topological polar surface area (TPSA) is 101 Å². The molecule has 2 amide bonds. The molecule has 1 atom stereocenters. The maximum absolute atomic E-state index is 13.0. The van der Waals surface area contributed by atoms with Crippen molar-refractivity contribution in [3.63, 3.8) is 0 Å². The molecule has 3 aromatic rings. The third-order valence-electron chi connectivity index (χ3n) is 5.97. The lowest BCUT2D eigenvalue weighted by molar-refractivity contribution is -0.126. The lowest BCUT2D eigenvalue weighted by atomic mass is 9.99. The number of sulfonamides is 1. The van der Waals surface area contributed by atoms with Crippen LogP contribution in [0.15, 0.2) is 77.8 Å². The van der Waals surface area contributed by atoms with E-state index in [4.69, 9.17) is 0 Å². The Kier molecular flexibility index (Phi) is 7.14. The van der Waals surface area contributed by atoms with Gasteiger partial charge in [0.2, 0.25) is 15.9 Å².